The molecule has 2 heterocycles. The van der Waals surface area contributed by atoms with Gasteiger partial charge in [0.2, 0.25) is 0 Å². The van der Waals surface area contributed by atoms with E-state index in [1.807, 2.05) is 48.5 Å². The third-order valence-corrected chi connectivity index (χ3v) is 13.7. The van der Waals surface area contributed by atoms with Crippen LogP contribution in [0.25, 0.3) is 11.1 Å². The summed E-state index contributed by atoms with van der Waals surface area (Å²) in [7, 11) is 0. The summed E-state index contributed by atoms with van der Waals surface area (Å²) in [5, 5.41) is 0. The van der Waals surface area contributed by atoms with E-state index in [4.69, 9.17) is 0 Å². The van der Waals surface area contributed by atoms with Crippen LogP contribution in [0, 0.1) is 23.5 Å². The maximum Gasteiger partial charge on any atom is 0.126 e. The van der Waals surface area contributed by atoms with Crippen molar-refractivity contribution in [1.29, 1.82) is 0 Å². The SMILES string of the molecule is CC1(C)c2ccccc2N(c2ccc(/C(=C(/c3ccc(N4c5ccccc5C(C)(C)C5C=CC=CC54)cc3)C3C=C(F)CC(F)C3)c3cc(F)cc(F)c3)cc2)c2ccccc21. The fourth-order valence-corrected chi connectivity index (χ4v) is 10.8. The van der Waals surface area contributed by atoms with Crippen LogP contribution in [0.15, 0.2) is 176 Å². The van der Waals surface area contributed by atoms with E-state index >= 15 is 17.6 Å². The highest BCUT2D eigenvalue weighted by Crippen LogP contribution is 2.53. The molecule has 0 saturated heterocycles. The third kappa shape index (κ3) is 6.63. The Bertz CT molecular complexity index is 2760. The maximum atomic E-state index is 15.5. The molecular formula is C56H48F4N2. The van der Waals surface area contributed by atoms with Crippen LogP contribution >= 0.6 is 0 Å². The number of fused-ring (bicyclic) bond motifs is 4. The smallest absolute Gasteiger partial charge is 0.126 e. The average molecular weight is 825 g/mol. The zero-order valence-corrected chi connectivity index (χ0v) is 35.3. The second-order valence-electron chi connectivity index (χ2n) is 18.2. The lowest BCUT2D eigenvalue weighted by atomic mass is 9.65. The van der Waals surface area contributed by atoms with Gasteiger partial charge in [-0.05, 0) is 112 Å². The fraction of sp³-hybridized carbons (Fsp3) is 0.214. The van der Waals surface area contributed by atoms with Crippen LogP contribution in [0.2, 0.25) is 0 Å². The molecule has 0 aromatic heterocycles. The van der Waals surface area contributed by atoms with Gasteiger partial charge < -0.3 is 9.80 Å². The van der Waals surface area contributed by atoms with Crippen molar-refractivity contribution in [3.63, 3.8) is 0 Å². The Hall–Kier alpha value is -6.40. The minimum absolute atomic E-state index is 0.0243. The molecule has 0 fully saturated rings. The zero-order chi connectivity index (χ0) is 42.9. The van der Waals surface area contributed by atoms with Gasteiger partial charge in [0.25, 0.3) is 0 Å². The number of rotatable bonds is 6. The van der Waals surface area contributed by atoms with Crippen molar-refractivity contribution in [2.75, 3.05) is 9.80 Å². The van der Waals surface area contributed by atoms with Crippen molar-refractivity contribution in [2.24, 2.45) is 11.8 Å². The van der Waals surface area contributed by atoms with Gasteiger partial charge in [-0.1, -0.05) is 131 Å². The highest BCUT2D eigenvalue weighted by atomic mass is 19.1. The highest BCUT2D eigenvalue weighted by molar-refractivity contribution is 6.00. The number of allylic oxidation sites excluding steroid dienone is 5. The van der Waals surface area contributed by atoms with Crippen LogP contribution in [0.4, 0.5) is 46.0 Å². The lowest BCUT2D eigenvalue weighted by molar-refractivity contribution is 0.269. The fourth-order valence-electron chi connectivity index (χ4n) is 10.8. The molecule has 2 aliphatic carbocycles. The van der Waals surface area contributed by atoms with E-state index in [0.717, 1.165) is 34.5 Å². The van der Waals surface area contributed by atoms with Crippen molar-refractivity contribution >= 4 is 39.6 Å². The summed E-state index contributed by atoms with van der Waals surface area (Å²) in [4.78, 5) is 4.62. The number of anilines is 5. The molecule has 310 valence electrons. The highest BCUT2D eigenvalue weighted by Gasteiger charge is 2.45. The molecule has 0 amide bonds. The first-order valence-corrected chi connectivity index (χ1v) is 21.5. The molecule has 2 aliphatic heterocycles. The van der Waals surface area contributed by atoms with Crippen LogP contribution in [0.1, 0.15) is 73.9 Å². The molecule has 6 heteroatoms. The molecule has 4 unspecified atom stereocenters. The van der Waals surface area contributed by atoms with Gasteiger partial charge in [-0.15, -0.1) is 0 Å². The van der Waals surface area contributed by atoms with Crippen LogP contribution in [0.5, 0.6) is 0 Å². The van der Waals surface area contributed by atoms with Crippen LogP contribution in [-0.2, 0) is 10.8 Å². The summed E-state index contributed by atoms with van der Waals surface area (Å²) in [6, 6.07) is 44.9. The summed E-state index contributed by atoms with van der Waals surface area (Å²) < 4.78 is 61.7. The summed E-state index contributed by atoms with van der Waals surface area (Å²) in [5.41, 5.74) is 11.2. The van der Waals surface area contributed by atoms with Crippen molar-refractivity contribution in [1.82, 2.24) is 0 Å². The van der Waals surface area contributed by atoms with Crippen molar-refractivity contribution in [2.45, 2.75) is 63.6 Å². The molecular weight excluding hydrogens is 777 g/mol. The Kier molecular flexibility index (Phi) is 9.74. The monoisotopic (exact) mass is 824 g/mol. The molecule has 10 rings (SSSR count). The predicted octanol–water partition coefficient (Wildman–Crippen LogP) is 15.2. The standard InChI is InChI=1S/C56H48F4N2/c1-55(2)45-13-5-9-17-49(45)61(50-18-10-6-14-46(50)55)43-25-21-35(22-26-43)53(37-29-39(57)33-40(58)30-37)54(38-31-41(59)34-42(60)32-38)36-23-27-44(28-24-36)62-51-19-11-7-15-47(51)56(3,4)48-16-8-12-20-52(48)62/h5-31,33,38,42,47,51H,32,34H2,1-4H3/b54-53+. The van der Waals surface area contributed by atoms with E-state index in [1.54, 1.807) is 0 Å². The first-order chi connectivity index (χ1) is 29.9. The van der Waals surface area contributed by atoms with Crippen molar-refractivity contribution < 1.29 is 17.6 Å². The normalized spacial score (nSPS) is 22.2. The molecule has 0 radical (unpaired) electrons. The first-order valence-electron chi connectivity index (χ1n) is 21.5. The predicted molar refractivity (Wildman–Crippen MR) is 246 cm³/mol. The Labute approximate surface area is 361 Å². The Morgan fingerprint density at radius 1 is 0.581 bits per heavy atom. The average Bonchev–Trinajstić information content (AvgIpc) is 3.26. The quantitative estimate of drug-likeness (QED) is 0.122. The summed E-state index contributed by atoms with van der Waals surface area (Å²) >= 11 is 0. The summed E-state index contributed by atoms with van der Waals surface area (Å²) in [6.45, 7) is 9.08. The van der Waals surface area contributed by atoms with Gasteiger partial charge in [-0.3, -0.25) is 0 Å². The van der Waals surface area contributed by atoms with Gasteiger partial charge in [-0.2, -0.15) is 0 Å². The topological polar surface area (TPSA) is 6.48 Å². The molecule has 6 aromatic carbocycles. The Morgan fingerprint density at radius 3 is 1.76 bits per heavy atom. The van der Waals surface area contributed by atoms with Crippen LogP contribution in [-0.4, -0.2) is 12.2 Å². The number of nitrogens with zero attached hydrogens (tertiary/aromatic N) is 2. The van der Waals surface area contributed by atoms with Gasteiger partial charge in [-0.25, -0.2) is 17.6 Å². The Balaban J connectivity index is 1.15. The zero-order valence-electron chi connectivity index (χ0n) is 35.3. The number of hydrogen-bond acceptors (Lipinski definition) is 2. The van der Waals surface area contributed by atoms with E-state index in [9.17, 15) is 0 Å². The van der Waals surface area contributed by atoms with Gasteiger partial charge in [0.05, 0.1) is 23.2 Å². The summed E-state index contributed by atoms with van der Waals surface area (Å²) in [6.07, 6.45) is 8.55. The van der Waals surface area contributed by atoms with Crippen molar-refractivity contribution in [3.05, 3.63) is 221 Å². The second-order valence-corrected chi connectivity index (χ2v) is 18.2. The molecule has 62 heavy (non-hydrogen) atoms. The molecule has 2 nitrogen and oxygen atoms in total. The molecule has 0 bridgehead atoms. The largest absolute Gasteiger partial charge is 0.334 e. The van der Waals surface area contributed by atoms with E-state index in [1.165, 1.54) is 34.9 Å². The summed E-state index contributed by atoms with van der Waals surface area (Å²) in [5.74, 6) is -2.52. The minimum atomic E-state index is -1.42. The van der Waals surface area contributed by atoms with Gasteiger partial charge in [0, 0.05) is 52.2 Å². The number of para-hydroxylation sites is 3. The van der Waals surface area contributed by atoms with Crippen molar-refractivity contribution in [3.8, 4) is 0 Å². The number of alkyl halides is 1. The van der Waals surface area contributed by atoms with Gasteiger partial charge >= 0.3 is 0 Å². The van der Waals surface area contributed by atoms with E-state index in [-0.39, 0.29) is 41.2 Å². The minimum Gasteiger partial charge on any atom is -0.334 e. The number of halogens is 4. The number of benzene rings is 6. The Morgan fingerprint density at radius 2 is 1.13 bits per heavy atom. The van der Waals surface area contributed by atoms with Gasteiger partial charge in [0.1, 0.15) is 17.8 Å². The molecule has 6 aromatic rings. The van der Waals surface area contributed by atoms with Crippen LogP contribution in [0.3, 0.4) is 0 Å². The van der Waals surface area contributed by atoms with E-state index in [2.05, 4.69) is 135 Å². The molecule has 4 aliphatic rings. The van der Waals surface area contributed by atoms with Gasteiger partial charge in [0.15, 0.2) is 0 Å². The second kappa shape index (κ2) is 15.2. The first kappa shape index (κ1) is 39.7. The molecule has 0 saturated carbocycles. The third-order valence-electron chi connectivity index (χ3n) is 13.7. The van der Waals surface area contributed by atoms with Crippen LogP contribution < -0.4 is 9.80 Å². The lowest BCUT2D eigenvalue weighted by Crippen LogP contribution is -2.49. The number of hydrogen-bond donors (Lipinski definition) is 0. The van der Waals surface area contributed by atoms with E-state index < -0.39 is 29.6 Å². The molecule has 0 spiro atoms. The van der Waals surface area contributed by atoms with E-state index in [0.29, 0.717) is 22.3 Å². The lowest BCUT2D eigenvalue weighted by Gasteiger charge is -2.50. The maximum absolute atomic E-state index is 15.5. The molecule has 0 N–H and O–H groups in total. The molecule has 4 atom stereocenters.